The maximum absolute atomic E-state index is 12.4. The number of para-hydroxylation sites is 1. The number of allylic oxidation sites excluding steroid dienone is 1. The van der Waals surface area contributed by atoms with Crippen LogP contribution in [0.4, 0.5) is 5.69 Å². The summed E-state index contributed by atoms with van der Waals surface area (Å²) < 4.78 is 6.00. The van der Waals surface area contributed by atoms with Crippen molar-refractivity contribution in [1.29, 1.82) is 0 Å². The standard InChI is InChI=1S/C21H20INO3/c1-21(2)16-9-5-7-11-18(16)23(3)19(21)12-14(24)13-26-20(25)15-8-4-6-10-17(15)22/h4-12H,13H2,1-3H3. The summed E-state index contributed by atoms with van der Waals surface area (Å²) in [6, 6.07) is 15.3. The summed E-state index contributed by atoms with van der Waals surface area (Å²) in [5.41, 5.74) is 3.36. The number of carbonyl (C=O) groups is 2. The first-order valence-corrected chi connectivity index (χ1v) is 9.40. The van der Waals surface area contributed by atoms with Crippen molar-refractivity contribution in [3.05, 3.63) is 75.0 Å². The minimum atomic E-state index is -0.482. The molecule has 4 nitrogen and oxygen atoms in total. The Kier molecular flexibility index (Phi) is 5.18. The second-order valence-corrected chi connectivity index (χ2v) is 7.92. The molecule has 1 heterocycles. The highest BCUT2D eigenvalue weighted by Gasteiger charge is 2.38. The Morgan fingerprint density at radius 2 is 1.77 bits per heavy atom. The van der Waals surface area contributed by atoms with Crippen molar-refractivity contribution in [1.82, 2.24) is 0 Å². The number of carbonyl (C=O) groups excluding carboxylic acids is 2. The van der Waals surface area contributed by atoms with E-state index < -0.39 is 5.97 Å². The van der Waals surface area contributed by atoms with Crippen LogP contribution in [-0.2, 0) is 14.9 Å². The van der Waals surface area contributed by atoms with Crippen molar-refractivity contribution in [2.45, 2.75) is 19.3 Å². The lowest BCUT2D eigenvalue weighted by Gasteiger charge is -2.23. The largest absolute Gasteiger partial charge is 0.454 e. The van der Waals surface area contributed by atoms with Gasteiger partial charge in [0.1, 0.15) is 0 Å². The number of nitrogens with zero attached hydrogens (tertiary/aromatic N) is 1. The third-order valence-electron chi connectivity index (χ3n) is 4.68. The van der Waals surface area contributed by atoms with Gasteiger partial charge in [-0.2, -0.15) is 0 Å². The van der Waals surface area contributed by atoms with Crippen LogP contribution in [0.5, 0.6) is 0 Å². The van der Waals surface area contributed by atoms with E-state index in [9.17, 15) is 9.59 Å². The molecule has 2 aromatic rings. The molecule has 0 atom stereocenters. The van der Waals surface area contributed by atoms with E-state index in [1.54, 1.807) is 18.2 Å². The molecular weight excluding hydrogens is 441 g/mol. The van der Waals surface area contributed by atoms with Gasteiger partial charge in [-0.3, -0.25) is 4.79 Å². The van der Waals surface area contributed by atoms with E-state index in [4.69, 9.17) is 4.74 Å². The Labute approximate surface area is 167 Å². The molecular formula is C21H20INO3. The summed E-state index contributed by atoms with van der Waals surface area (Å²) in [6.45, 7) is 3.91. The molecule has 0 aliphatic carbocycles. The van der Waals surface area contributed by atoms with Crippen molar-refractivity contribution in [2.75, 3.05) is 18.6 Å². The van der Waals surface area contributed by atoms with E-state index >= 15 is 0 Å². The van der Waals surface area contributed by atoms with Crippen LogP contribution >= 0.6 is 22.6 Å². The van der Waals surface area contributed by atoms with Crippen molar-refractivity contribution in [3.63, 3.8) is 0 Å². The summed E-state index contributed by atoms with van der Waals surface area (Å²) >= 11 is 2.08. The molecule has 26 heavy (non-hydrogen) atoms. The van der Waals surface area contributed by atoms with Gasteiger partial charge in [0, 0.05) is 33.5 Å². The smallest absolute Gasteiger partial charge is 0.339 e. The summed E-state index contributed by atoms with van der Waals surface area (Å²) in [5, 5.41) is 0. The molecule has 0 fully saturated rings. The molecule has 0 radical (unpaired) electrons. The first-order chi connectivity index (χ1) is 12.3. The van der Waals surface area contributed by atoms with Crippen LogP contribution in [0.2, 0.25) is 0 Å². The zero-order chi connectivity index (χ0) is 18.9. The minimum absolute atomic E-state index is 0.230. The highest BCUT2D eigenvalue weighted by Crippen LogP contribution is 2.46. The van der Waals surface area contributed by atoms with Crippen molar-refractivity contribution in [3.8, 4) is 0 Å². The number of likely N-dealkylation sites (N-methyl/N-ethyl adjacent to an activating group) is 1. The molecule has 0 unspecified atom stereocenters. The second kappa shape index (κ2) is 7.23. The summed E-state index contributed by atoms with van der Waals surface area (Å²) in [7, 11) is 1.95. The van der Waals surface area contributed by atoms with Gasteiger partial charge in [-0.05, 0) is 46.4 Å². The summed E-state index contributed by atoms with van der Waals surface area (Å²) in [4.78, 5) is 26.6. The van der Waals surface area contributed by atoms with E-state index in [2.05, 4.69) is 42.5 Å². The number of ketones is 1. The van der Waals surface area contributed by atoms with Gasteiger partial charge < -0.3 is 9.64 Å². The molecule has 0 bridgehead atoms. The molecule has 1 aliphatic heterocycles. The number of fused-ring (bicyclic) bond motifs is 1. The molecule has 134 valence electrons. The van der Waals surface area contributed by atoms with Gasteiger partial charge in [0.15, 0.2) is 12.4 Å². The third kappa shape index (κ3) is 3.40. The predicted molar refractivity (Wildman–Crippen MR) is 110 cm³/mol. The third-order valence-corrected chi connectivity index (χ3v) is 5.62. The second-order valence-electron chi connectivity index (χ2n) is 6.75. The monoisotopic (exact) mass is 461 g/mol. The van der Waals surface area contributed by atoms with E-state index in [0.717, 1.165) is 15.0 Å². The quantitative estimate of drug-likeness (QED) is 0.387. The highest BCUT2D eigenvalue weighted by molar-refractivity contribution is 14.1. The van der Waals surface area contributed by atoms with Crippen LogP contribution in [0, 0.1) is 3.57 Å². The average molecular weight is 461 g/mol. The van der Waals surface area contributed by atoms with Crippen LogP contribution in [0.3, 0.4) is 0 Å². The zero-order valence-corrected chi connectivity index (χ0v) is 17.1. The van der Waals surface area contributed by atoms with Gasteiger partial charge in [0.25, 0.3) is 0 Å². The van der Waals surface area contributed by atoms with E-state index in [-0.39, 0.29) is 17.8 Å². The molecule has 0 N–H and O–H groups in total. The fourth-order valence-electron chi connectivity index (χ4n) is 3.29. The fraction of sp³-hybridized carbons (Fsp3) is 0.238. The summed E-state index contributed by atoms with van der Waals surface area (Å²) in [5.74, 6) is -0.712. The summed E-state index contributed by atoms with van der Waals surface area (Å²) in [6.07, 6.45) is 1.59. The van der Waals surface area contributed by atoms with Gasteiger partial charge in [-0.25, -0.2) is 4.79 Å². The Bertz CT molecular complexity index is 902. The number of hydrogen-bond donors (Lipinski definition) is 0. The molecule has 5 heteroatoms. The maximum atomic E-state index is 12.4. The van der Waals surface area contributed by atoms with Crippen molar-refractivity contribution in [2.24, 2.45) is 0 Å². The molecule has 2 aromatic carbocycles. The van der Waals surface area contributed by atoms with Crippen LogP contribution in [-0.4, -0.2) is 25.4 Å². The lowest BCUT2D eigenvalue weighted by Crippen LogP contribution is -2.25. The molecule has 0 saturated carbocycles. The SMILES string of the molecule is CN1C(=CC(=O)COC(=O)c2ccccc2I)C(C)(C)c2ccccc21. The maximum Gasteiger partial charge on any atom is 0.339 e. The number of rotatable bonds is 4. The zero-order valence-electron chi connectivity index (χ0n) is 15.0. The molecule has 0 saturated heterocycles. The molecule has 1 aliphatic rings. The van der Waals surface area contributed by atoms with E-state index in [1.165, 1.54) is 5.56 Å². The number of anilines is 1. The Hall–Kier alpha value is -2.15. The fourth-order valence-corrected chi connectivity index (χ4v) is 3.90. The Balaban J connectivity index is 1.74. The van der Waals surface area contributed by atoms with E-state index in [0.29, 0.717) is 5.56 Å². The number of ether oxygens (including phenoxy) is 1. The van der Waals surface area contributed by atoms with Gasteiger partial charge in [0.05, 0.1) is 5.56 Å². The molecule has 0 spiro atoms. The van der Waals surface area contributed by atoms with E-state index in [1.807, 2.05) is 42.3 Å². The normalized spacial score (nSPS) is 16.5. The Morgan fingerprint density at radius 3 is 2.46 bits per heavy atom. The molecule has 3 rings (SSSR count). The lowest BCUT2D eigenvalue weighted by molar-refractivity contribution is -0.117. The van der Waals surface area contributed by atoms with Gasteiger partial charge in [-0.15, -0.1) is 0 Å². The van der Waals surface area contributed by atoms with Gasteiger partial charge in [0.2, 0.25) is 0 Å². The molecule has 0 amide bonds. The van der Waals surface area contributed by atoms with Gasteiger partial charge >= 0.3 is 5.97 Å². The molecule has 0 aromatic heterocycles. The van der Waals surface area contributed by atoms with Crippen LogP contribution in [0.25, 0.3) is 0 Å². The number of esters is 1. The first kappa shape index (κ1) is 18.6. The van der Waals surface area contributed by atoms with Gasteiger partial charge in [-0.1, -0.05) is 44.2 Å². The van der Waals surface area contributed by atoms with Crippen LogP contribution in [0.15, 0.2) is 60.3 Å². The Morgan fingerprint density at radius 1 is 1.12 bits per heavy atom. The number of benzene rings is 2. The van der Waals surface area contributed by atoms with Crippen LogP contribution < -0.4 is 4.90 Å². The van der Waals surface area contributed by atoms with Crippen LogP contribution in [0.1, 0.15) is 29.8 Å². The number of halogens is 1. The number of hydrogen-bond acceptors (Lipinski definition) is 4. The first-order valence-electron chi connectivity index (χ1n) is 8.32. The topological polar surface area (TPSA) is 46.6 Å². The highest BCUT2D eigenvalue weighted by atomic mass is 127. The van der Waals surface area contributed by atoms with Crippen molar-refractivity contribution >= 4 is 40.0 Å². The predicted octanol–water partition coefficient (Wildman–Crippen LogP) is 4.33. The minimum Gasteiger partial charge on any atom is -0.454 e. The van der Waals surface area contributed by atoms with Crippen molar-refractivity contribution < 1.29 is 14.3 Å². The average Bonchev–Trinajstić information content (AvgIpc) is 2.81. The lowest BCUT2D eigenvalue weighted by atomic mass is 9.83.